The molecule has 2 aliphatic rings. The van der Waals surface area contributed by atoms with Crippen LogP contribution in [-0.4, -0.2) is 54.6 Å². The number of pyridine rings is 2. The van der Waals surface area contributed by atoms with Crippen molar-refractivity contribution in [3.8, 4) is 17.0 Å². The summed E-state index contributed by atoms with van der Waals surface area (Å²) in [5, 5.41) is 13.6. The van der Waals surface area contributed by atoms with Gasteiger partial charge >= 0.3 is 0 Å². The monoisotopic (exact) mass is 539 g/mol. The van der Waals surface area contributed by atoms with Crippen molar-refractivity contribution in [2.75, 3.05) is 49.4 Å². The van der Waals surface area contributed by atoms with Crippen LogP contribution < -0.4 is 20.7 Å². The molecule has 4 heterocycles. The lowest BCUT2D eigenvalue weighted by Crippen LogP contribution is -2.38. The third-order valence-electron chi connectivity index (χ3n) is 7.52. The lowest BCUT2D eigenvalue weighted by Gasteiger charge is -2.34. The minimum absolute atomic E-state index is 0.00167. The highest BCUT2D eigenvalue weighted by Gasteiger charge is 2.23. The molecule has 208 valence electrons. The van der Waals surface area contributed by atoms with Crippen LogP contribution in [0.3, 0.4) is 0 Å². The van der Waals surface area contributed by atoms with Crippen LogP contribution in [-0.2, 0) is 11.2 Å². The zero-order chi connectivity index (χ0) is 27.4. The van der Waals surface area contributed by atoms with Crippen LogP contribution in [0, 0.1) is 17.6 Å². The van der Waals surface area contributed by atoms with E-state index in [1.165, 1.54) is 7.11 Å². The van der Waals surface area contributed by atoms with E-state index in [4.69, 9.17) is 15.2 Å². The molecule has 4 N–H and O–H groups in total. The second-order valence-electron chi connectivity index (χ2n) is 10.3. The molecule has 2 fully saturated rings. The number of anilines is 4. The lowest BCUT2D eigenvalue weighted by atomic mass is 9.92. The highest BCUT2D eigenvalue weighted by Crippen LogP contribution is 2.37. The Labute approximate surface area is 227 Å². The Morgan fingerprint density at radius 3 is 2.74 bits per heavy atom. The third kappa shape index (κ3) is 6.39. The number of nitrogens with two attached hydrogens (primary N) is 1. The molecule has 0 bridgehead atoms. The van der Waals surface area contributed by atoms with Gasteiger partial charge in [0, 0.05) is 56.4 Å². The number of nitrogens with one attached hydrogen (secondary N) is 1. The molecule has 8 nitrogen and oxygen atoms in total. The average molecular weight is 540 g/mol. The number of nitrogen functional groups attached to an aromatic ring is 1. The summed E-state index contributed by atoms with van der Waals surface area (Å²) in [6, 6.07) is 7.14. The van der Waals surface area contributed by atoms with Gasteiger partial charge in [0.2, 0.25) is 0 Å². The van der Waals surface area contributed by atoms with Crippen molar-refractivity contribution >= 4 is 23.0 Å². The number of β-amino-alcohol motifs (C(OH)–C–C–N with tert-alkyl or cyclic N) is 1. The van der Waals surface area contributed by atoms with Crippen molar-refractivity contribution in [3.63, 3.8) is 0 Å². The van der Waals surface area contributed by atoms with E-state index < -0.39 is 11.6 Å². The number of aryl methyl sites for hydroxylation is 1. The van der Waals surface area contributed by atoms with Gasteiger partial charge in [0.25, 0.3) is 0 Å². The molecule has 0 saturated carbocycles. The number of aliphatic hydroxyl groups excluding tert-OH is 1. The Hall–Kier alpha value is -3.50. The Bertz CT molecular complexity index is 1300. The van der Waals surface area contributed by atoms with Crippen molar-refractivity contribution in [3.05, 3.63) is 53.7 Å². The molecule has 0 amide bonds. The average Bonchev–Trinajstić information content (AvgIpc) is 2.93. The first kappa shape index (κ1) is 27.1. The fraction of sp³-hybridized carbons (Fsp3) is 0.448. The van der Waals surface area contributed by atoms with Gasteiger partial charge in [-0.15, -0.1) is 0 Å². The van der Waals surface area contributed by atoms with Gasteiger partial charge in [-0.05, 0) is 62.1 Å². The van der Waals surface area contributed by atoms with Crippen LogP contribution in [0.2, 0.25) is 0 Å². The minimum atomic E-state index is -0.818. The maximum absolute atomic E-state index is 14.8. The van der Waals surface area contributed by atoms with Crippen LogP contribution in [0.15, 0.2) is 36.5 Å². The second kappa shape index (κ2) is 12.1. The fourth-order valence-electron chi connectivity index (χ4n) is 5.41. The van der Waals surface area contributed by atoms with E-state index in [1.54, 1.807) is 12.1 Å². The van der Waals surface area contributed by atoms with E-state index in [9.17, 15) is 13.9 Å². The quantitative estimate of drug-likeness (QED) is 0.364. The topological polar surface area (TPSA) is 106 Å². The number of hydrogen-bond acceptors (Lipinski definition) is 8. The van der Waals surface area contributed by atoms with Crippen molar-refractivity contribution in [2.24, 2.45) is 5.92 Å². The summed E-state index contributed by atoms with van der Waals surface area (Å²) in [6.45, 7) is 3.07. The molecule has 10 heteroatoms. The number of hydrogen-bond donors (Lipinski definition) is 3. The first-order valence-electron chi connectivity index (χ1n) is 13.5. The molecule has 2 saturated heterocycles. The zero-order valence-corrected chi connectivity index (χ0v) is 22.1. The number of methoxy groups -OCH3 is 1. The van der Waals surface area contributed by atoms with Gasteiger partial charge in [0.15, 0.2) is 0 Å². The number of ether oxygens (including phenoxy) is 2. The molecule has 2 aromatic heterocycles. The molecule has 5 rings (SSSR count). The van der Waals surface area contributed by atoms with Gasteiger partial charge in [-0.2, -0.15) is 0 Å². The van der Waals surface area contributed by atoms with Crippen LogP contribution in [0.4, 0.5) is 31.8 Å². The maximum atomic E-state index is 14.8. The number of benzene rings is 1. The number of piperidine rings is 1. The van der Waals surface area contributed by atoms with Crippen LogP contribution >= 0.6 is 0 Å². The van der Waals surface area contributed by atoms with E-state index in [2.05, 4.69) is 20.2 Å². The van der Waals surface area contributed by atoms with E-state index in [-0.39, 0.29) is 28.8 Å². The van der Waals surface area contributed by atoms with Crippen LogP contribution in [0.25, 0.3) is 11.3 Å². The van der Waals surface area contributed by atoms with Gasteiger partial charge in [-0.25, -0.2) is 18.7 Å². The molecule has 1 atom stereocenters. The smallest absolute Gasteiger partial charge is 0.139 e. The lowest BCUT2D eigenvalue weighted by molar-refractivity contribution is 0.0640. The molecule has 0 unspecified atom stereocenters. The summed E-state index contributed by atoms with van der Waals surface area (Å²) in [5.74, 6) is 0.0321. The highest BCUT2D eigenvalue weighted by atomic mass is 19.1. The molecular formula is C29H35F2N5O3. The van der Waals surface area contributed by atoms with Crippen molar-refractivity contribution < 1.29 is 23.4 Å². The van der Waals surface area contributed by atoms with E-state index in [0.29, 0.717) is 24.1 Å². The molecule has 2 aliphatic heterocycles. The first-order chi connectivity index (χ1) is 18.9. The first-order valence-corrected chi connectivity index (χ1v) is 13.5. The molecule has 3 aromatic rings. The number of nitrogens with zero attached hydrogens (tertiary/aromatic N) is 3. The molecular weight excluding hydrogens is 504 g/mol. The van der Waals surface area contributed by atoms with Gasteiger partial charge in [-0.1, -0.05) is 0 Å². The van der Waals surface area contributed by atoms with Crippen molar-refractivity contribution in [1.29, 1.82) is 0 Å². The Kier molecular flexibility index (Phi) is 8.42. The Balaban J connectivity index is 1.43. The standard InChI is InChI=1S/C29H35F2N5O3/c1-38-25-14-20(30)13-22(31)28(25)29-23(32)6-7-26(35-29)34-27-15-24(36-10-2-3-21(37)17-36)19(16-33-27)5-4-18-8-11-39-12-9-18/h6-7,13-16,18,21,37H,2-5,8-12,17,32H2,1H3,(H,33,34,35)/t21-/m0/s1. The molecule has 0 spiro atoms. The summed E-state index contributed by atoms with van der Waals surface area (Å²) in [6.07, 6.45) is 7.35. The number of halogens is 2. The summed E-state index contributed by atoms with van der Waals surface area (Å²) in [7, 11) is 1.34. The van der Waals surface area contributed by atoms with Crippen molar-refractivity contribution in [2.45, 2.75) is 44.6 Å². The third-order valence-corrected chi connectivity index (χ3v) is 7.52. The van der Waals surface area contributed by atoms with E-state index >= 15 is 0 Å². The SMILES string of the molecule is COc1cc(F)cc(F)c1-c1nc(Nc2cc(N3CCC[C@H](O)C3)c(CCC3CCOCC3)cn2)ccc1N. The molecule has 0 radical (unpaired) electrons. The summed E-state index contributed by atoms with van der Waals surface area (Å²) >= 11 is 0. The van der Waals surface area contributed by atoms with Gasteiger partial charge in [-0.3, -0.25) is 0 Å². The normalized spacial score (nSPS) is 18.3. The number of aliphatic hydroxyl groups is 1. The fourth-order valence-corrected chi connectivity index (χ4v) is 5.41. The predicted molar refractivity (Wildman–Crippen MR) is 147 cm³/mol. The van der Waals surface area contributed by atoms with E-state index in [1.807, 2.05) is 12.3 Å². The number of rotatable bonds is 8. The maximum Gasteiger partial charge on any atom is 0.139 e. The molecule has 0 aliphatic carbocycles. The predicted octanol–water partition coefficient (Wildman–Crippen LogP) is 5.08. The van der Waals surface area contributed by atoms with Gasteiger partial charge in [0.1, 0.15) is 34.7 Å². The highest BCUT2D eigenvalue weighted by molar-refractivity contribution is 5.79. The molecule has 39 heavy (non-hydrogen) atoms. The summed E-state index contributed by atoms with van der Waals surface area (Å²) in [5.41, 5.74) is 8.67. The van der Waals surface area contributed by atoms with Crippen molar-refractivity contribution in [1.82, 2.24) is 9.97 Å². The second-order valence-corrected chi connectivity index (χ2v) is 10.3. The minimum Gasteiger partial charge on any atom is -0.496 e. The van der Waals surface area contributed by atoms with E-state index in [0.717, 1.165) is 81.7 Å². The molecule has 1 aromatic carbocycles. The van der Waals surface area contributed by atoms with Crippen LogP contribution in [0.1, 0.15) is 37.7 Å². The Morgan fingerprint density at radius 1 is 1.15 bits per heavy atom. The number of aromatic nitrogens is 2. The van der Waals surface area contributed by atoms with Gasteiger partial charge < -0.3 is 30.5 Å². The van der Waals surface area contributed by atoms with Gasteiger partial charge in [0.05, 0.1) is 24.5 Å². The Morgan fingerprint density at radius 2 is 1.97 bits per heavy atom. The zero-order valence-electron chi connectivity index (χ0n) is 22.1. The summed E-state index contributed by atoms with van der Waals surface area (Å²) in [4.78, 5) is 11.4. The van der Waals surface area contributed by atoms with Crippen LogP contribution in [0.5, 0.6) is 5.75 Å². The summed E-state index contributed by atoms with van der Waals surface area (Å²) < 4.78 is 39.3. The largest absolute Gasteiger partial charge is 0.496 e.